The fraction of sp³-hybridized carbons (Fsp3) is 0.917. The van der Waals surface area contributed by atoms with Gasteiger partial charge in [-0.2, -0.15) is 0 Å². The van der Waals surface area contributed by atoms with Gasteiger partial charge in [-0.15, -0.1) is 0 Å². The van der Waals surface area contributed by atoms with Gasteiger partial charge in [0.2, 0.25) is 5.91 Å². The number of rotatable bonds is 6. The minimum absolute atomic E-state index is 0.126. The van der Waals surface area contributed by atoms with Crippen LogP contribution in [-0.2, 0) is 4.79 Å². The van der Waals surface area contributed by atoms with Crippen molar-refractivity contribution in [2.24, 2.45) is 0 Å². The van der Waals surface area contributed by atoms with Crippen LogP contribution < -0.4 is 10.6 Å². The molecule has 0 aromatic heterocycles. The zero-order chi connectivity index (χ0) is 12.7. The molecule has 0 bridgehead atoms. The van der Waals surface area contributed by atoms with Crippen LogP contribution in [0.15, 0.2) is 0 Å². The summed E-state index contributed by atoms with van der Waals surface area (Å²) in [6.45, 7) is 5.35. The number of hydrogen-bond acceptors (Lipinski definition) is 4. The molecule has 17 heavy (non-hydrogen) atoms. The summed E-state index contributed by atoms with van der Waals surface area (Å²) in [6.07, 6.45) is 1.52. The predicted molar refractivity (Wildman–Crippen MR) is 70.1 cm³/mol. The minimum atomic E-state index is 0.126. The highest BCUT2D eigenvalue weighted by Gasteiger charge is 2.21. The van der Waals surface area contributed by atoms with Crippen LogP contribution in [0.3, 0.4) is 0 Å². The molecule has 1 fully saturated rings. The zero-order valence-electron chi connectivity index (χ0n) is 11.3. The van der Waals surface area contributed by atoms with Crippen LogP contribution >= 0.6 is 0 Å². The molecule has 2 N–H and O–H groups in total. The molecule has 0 aromatic carbocycles. The Bertz CT molecular complexity index is 235. The Morgan fingerprint density at radius 1 is 1.35 bits per heavy atom. The fourth-order valence-electron chi connectivity index (χ4n) is 2.09. The predicted octanol–water partition coefficient (Wildman–Crippen LogP) is -0.652. The molecular weight excluding hydrogens is 216 g/mol. The van der Waals surface area contributed by atoms with E-state index in [1.54, 1.807) is 7.05 Å². The van der Waals surface area contributed by atoms with Gasteiger partial charge in [0.05, 0.1) is 0 Å². The van der Waals surface area contributed by atoms with E-state index in [0.717, 1.165) is 39.1 Å². The van der Waals surface area contributed by atoms with Gasteiger partial charge in [0.25, 0.3) is 0 Å². The normalized spacial score (nSPS) is 22.6. The lowest BCUT2D eigenvalue weighted by Crippen LogP contribution is -2.53. The first-order chi connectivity index (χ1) is 8.13. The Labute approximate surface area is 105 Å². The summed E-state index contributed by atoms with van der Waals surface area (Å²) in [4.78, 5) is 15.8. The molecule has 0 radical (unpaired) electrons. The molecule has 1 aliphatic heterocycles. The highest BCUT2D eigenvalue weighted by molar-refractivity contribution is 5.75. The Balaban J connectivity index is 2.07. The fourth-order valence-corrected chi connectivity index (χ4v) is 2.09. The van der Waals surface area contributed by atoms with Crippen molar-refractivity contribution in [3.05, 3.63) is 0 Å². The molecule has 5 nitrogen and oxygen atoms in total. The number of amides is 1. The van der Waals surface area contributed by atoms with Crippen molar-refractivity contribution in [3.63, 3.8) is 0 Å². The number of nitrogens with zero attached hydrogens (tertiary/aromatic N) is 2. The van der Waals surface area contributed by atoms with Crippen LogP contribution in [-0.4, -0.2) is 75.6 Å². The van der Waals surface area contributed by atoms with Crippen LogP contribution in [0, 0.1) is 0 Å². The number of nitrogens with one attached hydrogen (secondary N) is 2. The summed E-state index contributed by atoms with van der Waals surface area (Å²) >= 11 is 0. The molecule has 5 heteroatoms. The lowest BCUT2D eigenvalue weighted by atomic mass is 10.2. The summed E-state index contributed by atoms with van der Waals surface area (Å²) in [5, 5.41) is 6.07. The number of piperazine rings is 1. The van der Waals surface area contributed by atoms with Crippen LogP contribution in [0.2, 0.25) is 0 Å². The largest absolute Gasteiger partial charge is 0.359 e. The van der Waals surface area contributed by atoms with E-state index in [0.29, 0.717) is 12.5 Å². The van der Waals surface area contributed by atoms with Crippen LogP contribution in [0.1, 0.15) is 12.8 Å². The number of hydrogen-bond donors (Lipinski definition) is 2. The quantitative estimate of drug-likeness (QED) is 0.608. The molecule has 1 saturated heterocycles. The third-order valence-electron chi connectivity index (χ3n) is 3.40. The molecule has 0 spiro atoms. The third-order valence-corrected chi connectivity index (χ3v) is 3.40. The molecule has 1 heterocycles. The number of carbonyl (C=O) groups is 1. The summed E-state index contributed by atoms with van der Waals surface area (Å²) in [7, 11) is 6.04. The Kier molecular flexibility index (Phi) is 6.47. The van der Waals surface area contributed by atoms with E-state index in [1.807, 2.05) is 0 Å². The first-order valence-corrected chi connectivity index (χ1v) is 6.43. The van der Waals surface area contributed by atoms with Gasteiger partial charge in [0, 0.05) is 45.7 Å². The zero-order valence-corrected chi connectivity index (χ0v) is 11.3. The van der Waals surface area contributed by atoms with Crippen molar-refractivity contribution in [3.8, 4) is 0 Å². The van der Waals surface area contributed by atoms with E-state index in [9.17, 15) is 4.79 Å². The van der Waals surface area contributed by atoms with E-state index in [4.69, 9.17) is 0 Å². The molecule has 1 unspecified atom stereocenters. The molecular formula is C12H26N4O. The van der Waals surface area contributed by atoms with E-state index >= 15 is 0 Å². The van der Waals surface area contributed by atoms with Gasteiger partial charge in [-0.05, 0) is 27.1 Å². The van der Waals surface area contributed by atoms with Gasteiger partial charge in [-0.25, -0.2) is 0 Å². The second kappa shape index (κ2) is 7.63. The van der Waals surface area contributed by atoms with Gasteiger partial charge >= 0.3 is 0 Å². The maximum absolute atomic E-state index is 11.0. The lowest BCUT2D eigenvalue weighted by Gasteiger charge is -2.37. The lowest BCUT2D eigenvalue weighted by molar-refractivity contribution is -0.120. The van der Waals surface area contributed by atoms with Crippen molar-refractivity contribution in [2.45, 2.75) is 18.9 Å². The smallest absolute Gasteiger partial charge is 0.219 e. The van der Waals surface area contributed by atoms with Crippen LogP contribution in [0.5, 0.6) is 0 Å². The molecule has 1 rings (SSSR count). The van der Waals surface area contributed by atoms with Crippen LogP contribution in [0.4, 0.5) is 0 Å². The molecule has 1 atom stereocenters. The van der Waals surface area contributed by atoms with Crippen LogP contribution in [0.25, 0.3) is 0 Å². The average Bonchev–Trinajstić information content (AvgIpc) is 2.32. The summed E-state index contributed by atoms with van der Waals surface area (Å²) < 4.78 is 0. The molecule has 100 valence electrons. The van der Waals surface area contributed by atoms with E-state index in [1.165, 1.54) is 0 Å². The van der Waals surface area contributed by atoms with E-state index in [-0.39, 0.29) is 5.91 Å². The summed E-state index contributed by atoms with van der Waals surface area (Å²) in [5.41, 5.74) is 0. The SMILES string of the molecule is CNC(=O)CCCNCC1CN(C)CCN1C. The summed E-state index contributed by atoms with van der Waals surface area (Å²) in [5.74, 6) is 0.126. The van der Waals surface area contributed by atoms with E-state index < -0.39 is 0 Å². The number of likely N-dealkylation sites (N-methyl/N-ethyl adjacent to an activating group) is 2. The van der Waals surface area contributed by atoms with Gasteiger partial charge in [0.15, 0.2) is 0 Å². The maximum Gasteiger partial charge on any atom is 0.219 e. The van der Waals surface area contributed by atoms with Crippen molar-refractivity contribution >= 4 is 5.91 Å². The van der Waals surface area contributed by atoms with Crippen molar-refractivity contribution in [1.82, 2.24) is 20.4 Å². The summed E-state index contributed by atoms with van der Waals surface area (Å²) in [6, 6.07) is 0.591. The van der Waals surface area contributed by atoms with Crippen molar-refractivity contribution in [1.29, 1.82) is 0 Å². The monoisotopic (exact) mass is 242 g/mol. The third kappa shape index (κ3) is 5.48. The van der Waals surface area contributed by atoms with E-state index in [2.05, 4.69) is 34.5 Å². The molecule has 0 aliphatic carbocycles. The minimum Gasteiger partial charge on any atom is -0.359 e. The standard InChI is InChI=1S/C12H26N4O/c1-13-12(17)5-4-6-14-9-11-10-15(2)7-8-16(11)3/h11,14H,4-10H2,1-3H3,(H,13,17). The second-order valence-electron chi connectivity index (χ2n) is 4.88. The van der Waals surface area contributed by atoms with Crippen molar-refractivity contribution < 1.29 is 4.79 Å². The molecule has 0 aromatic rings. The van der Waals surface area contributed by atoms with Gasteiger partial charge in [0.1, 0.15) is 0 Å². The van der Waals surface area contributed by atoms with Crippen molar-refractivity contribution in [2.75, 3.05) is 53.9 Å². The molecule has 0 saturated carbocycles. The van der Waals surface area contributed by atoms with Gasteiger partial charge in [-0.1, -0.05) is 0 Å². The highest BCUT2D eigenvalue weighted by atomic mass is 16.1. The topological polar surface area (TPSA) is 47.6 Å². The first-order valence-electron chi connectivity index (χ1n) is 6.43. The number of carbonyl (C=O) groups excluding carboxylic acids is 1. The van der Waals surface area contributed by atoms with Gasteiger partial charge in [-0.3, -0.25) is 9.69 Å². The Morgan fingerprint density at radius 3 is 2.82 bits per heavy atom. The van der Waals surface area contributed by atoms with Gasteiger partial charge < -0.3 is 15.5 Å². The Hall–Kier alpha value is -0.650. The molecule has 1 amide bonds. The second-order valence-corrected chi connectivity index (χ2v) is 4.88. The molecule has 1 aliphatic rings. The first kappa shape index (κ1) is 14.4. The average molecular weight is 242 g/mol. The Morgan fingerprint density at radius 2 is 2.12 bits per heavy atom. The maximum atomic E-state index is 11.0. The highest BCUT2D eigenvalue weighted by Crippen LogP contribution is 2.04.